The molecule has 0 fully saturated rings. The van der Waals surface area contributed by atoms with Crippen LogP contribution in [0.2, 0.25) is 0 Å². The van der Waals surface area contributed by atoms with Crippen molar-refractivity contribution < 1.29 is 13.2 Å². The highest BCUT2D eigenvalue weighted by Gasteiger charge is 2.10. The van der Waals surface area contributed by atoms with Gasteiger partial charge >= 0.3 is 0 Å². The molecule has 1 aromatic carbocycles. The molecule has 0 unspecified atom stereocenters. The van der Waals surface area contributed by atoms with Crippen molar-refractivity contribution in [1.82, 2.24) is 14.8 Å². The molecular weight excluding hydrogens is 278 g/mol. The highest BCUT2D eigenvalue weighted by atomic mass is 32.2. The lowest BCUT2D eigenvalue weighted by Gasteiger charge is -2.04. The van der Waals surface area contributed by atoms with Gasteiger partial charge in [-0.1, -0.05) is 30.3 Å². The first-order valence-electron chi connectivity index (χ1n) is 6.19. The van der Waals surface area contributed by atoms with Gasteiger partial charge in [0, 0.05) is 6.42 Å². The summed E-state index contributed by atoms with van der Waals surface area (Å²) in [5.74, 6) is 0.109. The normalized spacial score (nSPS) is 10.8. The average Bonchev–Trinajstić information content (AvgIpc) is 2.84. The number of rotatable bonds is 7. The van der Waals surface area contributed by atoms with Crippen molar-refractivity contribution in [3.05, 3.63) is 48.0 Å². The number of hydrogen-bond donors (Lipinski definition) is 1. The number of aromatic nitrogens is 3. The van der Waals surface area contributed by atoms with Crippen molar-refractivity contribution in [3.63, 3.8) is 0 Å². The van der Waals surface area contributed by atoms with Gasteiger partial charge in [0.15, 0.2) is 5.78 Å². The van der Waals surface area contributed by atoms with E-state index < -0.39 is 10.7 Å². The molecule has 2 aromatic rings. The molecule has 0 N–H and O–H groups in total. The Kier molecular flexibility index (Phi) is 5.00. The maximum absolute atomic E-state index is 11.9. The van der Waals surface area contributed by atoms with Gasteiger partial charge in [0.25, 0.3) is 0 Å². The third-order valence-electron chi connectivity index (χ3n) is 2.83. The van der Waals surface area contributed by atoms with Crippen molar-refractivity contribution in [2.24, 2.45) is 0 Å². The number of benzene rings is 1. The van der Waals surface area contributed by atoms with Gasteiger partial charge in [-0.15, -0.1) is 0 Å². The minimum Gasteiger partial charge on any atom is -0.298 e. The summed E-state index contributed by atoms with van der Waals surface area (Å²) < 4.78 is 22.7. The number of carbonyl (C=O) groups excluding carboxylic acids is 1. The Bertz CT molecular complexity index is 642. The molecule has 0 saturated heterocycles. The number of aryl methyl sites for hydroxylation is 1. The zero-order valence-corrected chi connectivity index (χ0v) is 11.7. The average molecular weight is 293 g/mol. The standard InChI is InChI=1S/C13H15N3O3S/c17-12(7-6-11-4-2-1-3-5-11)8-16-13(9-20(18)19)14-10-15-16/h1-5,10,20H,6-9H2. The van der Waals surface area contributed by atoms with E-state index in [1.165, 1.54) is 11.0 Å². The second-order valence-corrected chi connectivity index (χ2v) is 5.33. The van der Waals surface area contributed by atoms with Gasteiger partial charge in [-0.05, 0) is 12.0 Å². The van der Waals surface area contributed by atoms with Crippen molar-refractivity contribution >= 4 is 16.5 Å². The summed E-state index contributed by atoms with van der Waals surface area (Å²) in [7, 11) is -2.57. The maximum Gasteiger partial charge on any atom is 0.154 e. The number of thiol groups is 1. The van der Waals surface area contributed by atoms with Crippen molar-refractivity contribution in [2.45, 2.75) is 25.1 Å². The van der Waals surface area contributed by atoms with E-state index in [0.29, 0.717) is 18.7 Å². The summed E-state index contributed by atoms with van der Waals surface area (Å²) >= 11 is 0. The molecule has 0 spiro atoms. The van der Waals surface area contributed by atoms with Crippen LogP contribution in [0.4, 0.5) is 0 Å². The first-order chi connectivity index (χ1) is 9.65. The van der Waals surface area contributed by atoms with E-state index in [1.54, 1.807) is 0 Å². The van der Waals surface area contributed by atoms with Gasteiger partial charge in [0.2, 0.25) is 0 Å². The minimum atomic E-state index is -2.57. The van der Waals surface area contributed by atoms with Crippen LogP contribution in [-0.2, 0) is 34.2 Å². The van der Waals surface area contributed by atoms with Gasteiger partial charge in [-0.25, -0.2) is 18.1 Å². The lowest BCUT2D eigenvalue weighted by atomic mass is 10.1. The van der Waals surface area contributed by atoms with E-state index in [9.17, 15) is 13.2 Å². The minimum absolute atomic E-state index is 0.00160. The summed E-state index contributed by atoms with van der Waals surface area (Å²) in [6.07, 6.45) is 2.32. The summed E-state index contributed by atoms with van der Waals surface area (Å²) in [4.78, 5) is 15.7. The Morgan fingerprint density at radius 3 is 2.65 bits per heavy atom. The van der Waals surface area contributed by atoms with Crippen molar-refractivity contribution in [1.29, 1.82) is 0 Å². The van der Waals surface area contributed by atoms with Crippen LogP contribution in [0.5, 0.6) is 0 Å². The van der Waals surface area contributed by atoms with Crippen molar-refractivity contribution in [2.75, 3.05) is 0 Å². The van der Waals surface area contributed by atoms with Crippen LogP contribution in [0.25, 0.3) is 0 Å². The monoisotopic (exact) mass is 293 g/mol. The first kappa shape index (κ1) is 14.4. The molecule has 6 nitrogen and oxygen atoms in total. The fourth-order valence-corrected chi connectivity index (χ4v) is 2.31. The number of ketones is 1. The third kappa shape index (κ3) is 4.27. The topological polar surface area (TPSA) is 81.9 Å². The quantitative estimate of drug-likeness (QED) is 0.756. The molecule has 0 amide bonds. The molecule has 0 aliphatic carbocycles. The molecule has 0 aliphatic rings. The lowest BCUT2D eigenvalue weighted by Crippen LogP contribution is -2.15. The van der Waals surface area contributed by atoms with Crippen LogP contribution in [0.1, 0.15) is 17.8 Å². The predicted octanol–water partition coefficient (Wildman–Crippen LogP) is 0.591. The zero-order chi connectivity index (χ0) is 14.4. The van der Waals surface area contributed by atoms with Gasteiger partial charge in [-0.2, -0.15) is 5.10 Å². The summed E-state index contributed by atoms with van der Waals surface area (Å²) in [5.41, 5.74) is 1.10. The van der Waals surface area contributed by atoms with E-state index in [4.69, 9.17) is 0 Å². The second-order valence-electron chi connectivity index (χ2n) is 4.35. The molecule has 0 radical (unpaired) electrons. The summed E-state index contributed by atoms with van der Waals surface area (Å²) in [6, 6.07) is 9.73. The highest BCUT2D eigenvalue weighted by Crippen LogP contribution is 2.04. The van der Waals surface area contributed by atoms with Crippen LogP contribution in [-0.4, -0.2) is 29.0 Å². The number of Topliss-reactive ketones (excluding diaryl/α,β-unsaturated/α-hetero) is 1. The third-order valence-corrected chi connectivity index (χ3v) is 3.37. The molecule has 0 bridgehead atoms. The van der Waals surface area contributed by atoms with Crippen LogP contribution >= 0.6 is 0 Å². The van der Waals surface area contributed by atoms with Crippen molar-refractivity contribution in [3.8, 4) is 0 Å². The largest absolute Gasteiger partial charge is 0.298 e. The van der Waals surface area contributed by atoms with E-state index >= 15 is 0 Å². The fourth-order valence-electron chi connectivity index (χ4n) is 1.83. The van der Waals surface area contributed by atoms with E-state index in [2.05, 4.69) is 10.1 Å². The Hall–Kier alpha value is -2.02. The van der Waals surface area contributed by atoms with E-state index in [-0.39, 0.29) is 18.1 Å². The van der Waals surface area contributed by atoms with Crippen LogP contribution < -0.4 is 0 Å². The molecule has 0 saturated carbocycles. The number of hydrogen-bond acceptors (Lipinski definition) is 5. The maximum atomic E-state index is 11.9. The fraction of sp³-hybridized carbons (Fsp3) is 0.308. The zero-order valence-electron chi connectivity index (χ0n) is 10.8. The van der Waals surface area contributed by atoms with E-state index in [1.807, 2.05) is 30.3 Å². The summed E-state index contributed by atoms with van der Waals surface area (Å²) in [6.45, 7) is 0.0609. The Morgan fingerprint density at radius 2 is 1.95 bits per heavy atom. The molecule has 1 aromatic heterocycles. The Morgan fingerprint density at radius 1 is 1.20 bits per heavy atom. The first-order valence-corrected chi connectivity index (χ1v) is 7.55. The molecular formula is C13H15N3O3S. The number of carbonyl (C=O) groups is 1. The summed E-state index contributed by atoms with van der Waals surface area (Å²) in [5, 5.41) is 3.88. The Labute approximate surface area is 118 Å². The molecule has 106 valence electrons. The SMILES string of the molecule is O=C(CCc1ccccc1)Cn1ncnc1C[SH](=O)=O. The van der Waals surface area contributed by atoms with Crippen LogP contribution in [0.3, 0.4) is 0 Å². The molecule has 0 aliphatic heterocycles. The Balaban J connectivity index is 1.90. The molecule has 2 rings (SSSR count). The van der Waals surface area contributed by atoms with Gasteiger partial charge < -0.3 is 0 Å². The van der Waals surface area contributed by atoms with E-state index in [0.717, 1.165) is 5.56 Å². The van der Waals surface area contributed by atoms with Crippen LogP contribution in [0, 0.1) is 0 Å². The number of nitrogens with zero attached hydrogens (tertiary/aromatic N) is 3. The highest BCUT2D eigenvalue weighted by molar-refractivity contribution is 7.71. The lowest BCUT2D eigenvalue weighted by molar-refractivity contribution is -0.119. The van der Waals surface area contributed by atoms with Gasteiger partial charge in [0.1, 0.15) is 35.2 Å². The smallest absolute Gasteiger partial charge is 0.154 e. The van der Waals surface area contributed by atoms with Gasteiger partial charge in [0.05, 0.1) is 0 Å². The molecule has 1 heterocycles. The molecule has 0 atom stereocenters. The molecule has 20 heavy (non-hydrogen) atoms. The van der Waals surface area contributed by atoms with Crippen LogP contribution in [0.15, 0.2) is 36.7 Å². The predicted molar refractivity (Wildman–Crippen MR) is 73.8 cm³/mol. The van der Waals surface area contributed by atoms with Gasteiger partial charge in [-0.3, -0.25) is 4.79 Å². The second kappa shape index (κ2) is 6.95. The molecule has 7 heteroatoms.